The van der Waals surface area contributed by atoms with Crippen LogP contribution in [0.5, 0.6) is 0 Å². The Labute approximate surface area is 106 Å². The second kappa shape index (κ2) is 5.28. The molecule has 2 rings (SSSR count). The Kier molecular flexibility index (Phi) is 3.98. The second-order valence-corrected chi connectivity index (χ2v) is 5.61. The van der Waals surface area contributed by atoms with Gasteiger partial charge in [-0.1, -0.05) is 28.9 Å². The highest BCUT2D eigenvalue weighted by molar-refractivity contribution is 9.09. The first kappa shape index (κ1) is 12.1. The molecule has 0 radical (unpaired) electrons. The number of halogens is 1. The number of hydrogen-bond acceptors (Lipinski definition) is 2. The number of rotatable bonds is 3. The van der Waals surface area contributed by atoms with Crippen LogP contribution < -0.4 is 0 Å². The van der Waals surface area contributed by atoms with E-state index in [-0.39, 0.29) is 0 Å². The third kappa shape index (κ3) is 2.64. The zero-order valence-corrected chi connectivity index (χ0v) is 11.4. The van der Waals surface area contributed by atoms with Gasteiger partial charge >= 0.3 is 0 Å². The summed E-state index contributed by atoms with van der Waals surface area (Å²) < 4.78 is 5.89. The number of aromatic nitrogens is 1. The monoisotopic (exact) mass is 283 g/mol. The molecular weight excluding hydrogens is 266 g/mol. The van der Waals surface area contributed by atoms with Crippen molar-refractivity contribution in [2.75, 3.05) is 0 Å². The van der Waals surface area contributed by atoms with Crippen LogP contribution in [0.25, 0.3) is 0 Å². The summed E-state index contributed by atoms with van der Waals surface area (Å²) in [6.45, 7) is 4.35. The van der Waals surface area contributed by atoms with Crippen LogP contribution in [0.1, 0.15) is 38.3 Å². The van der Waals surface area contributed by atoms with Crippen molar-refractivity contribution >= 4 is 15.9 Å². The third-order valence-electron chi connectivity index (χ3n) is 3.25. The van der Waals surface area contributed by atoms with Crippen LogP contribution in [0, 0.1) is 0 Å². The zero-order chi connectivity index (χ0) is 11.5. The van der Waals surface area contributed by atoms with Gasteiger partial charge in [0.1, 0.15) is 0 Å². The lowest BCUT2D eigenvalue weighted by atomic mass is 9.98. The van der Waals surface area contributed by atoms with Crippen molar-refractivity contribution in [2.24, 2.45) is 0 Å². The predicted octanol–water partition coefficient (Wildman–Crippen LogP) is 3.52. The maximum Gasteiger partial charge on any atom is 0.0711 e. The van der Waals surface area contributed by atoms with Gasteiger partial charge in [0.25, 0.3) is 0 Å². The normalized spacial score (nSPS) is 28.9. The Morgan fingerprint density at radius 1 is 1.44 bits per heavy atom. The van der Waals surface area contributed by atoms with Crippen molar-refractivity contribution in [1.29, 1.82) is 0 Å². The molecule has 1 aromatic heterocycles. The standard InChI is InChI=1S/C13H18BrNO/c1-9-6-7-12(16-9)13(14)10(2)11-5-3-4-8-15-11/h3-5,8-10,12-13H,6-7H2,1-2H3. The van der Waals surface area contributed by atoms with Gasteiger partial charge in [-0.2, -0.15) is 0 Å². The van der Waals surface area contributed by atoms with E-state index in [0.717, 1.165) is 12.1 Å². The fourth-order valence-electron chi connectivity index (χ4n) is 2.20. The number of pyridine rings is 1. The lowest BCUT2D eigenvalue weighted by Crippen LogP contribution is -2.26. The van der Waals surface area contributed by atoms with E-state index in [1.54, 1.807) is 0 Å². The van der Waals surface area contributed by atoms with Crippen molar-refractivity contribution < 1.29 is 4.74 Å². The van der Waals surface area contributed by atoms with Gasteiger partial charge in [-0.25, -0.2) is 0 Å². The summed E-state index contributed by atoms with van der Waals surface area (Å²) in [7, 11) is 0. The fourth-order valence-corrected chi connectivity index (χ4v) is 2.86. The van der Waals surface area contributed by atoms with Crippen molar-refractivity contribution in [3.05, 3.63) is 30.1 Å². The molecule has 88 valence electrons. The Balaban J connectivity index is 2.02. The third-order valence-corrected chi connectivity index (χ3v) is 4.63. The second-order valence-electron chi connectivity index (χ2n) is 4.55. The Morgan fingerprint density at radius 3 is 2.81 bits per heavy atom. The van der Waals surface area contributed by atoms with Crippen LogP contribution in [-0.4, -0.2) is 22.0 Å². The zero-order valence-electron chi connectivity index (χ0n) is 9.77. The van der Waals surface area contributed by atoms with E-state index in [4.69, 9.17) is 4.74 Å². The van der Waals surface area contributed by atoms with Crippen molar-refractivity contribution in [3.8, 4) is 0 Å². The summed E-state index contributed by atoms with van der Waals surface area (Å²) in [6, 6.07) is 6.07. The Morgan fingerprint density at radius 2 is 2.25 bits per heavy atom. The maximum atomic E-state index is 5.89. The first-order valence-electron chi connectivity index (χ1n) is 5.89. The van der Waals surface area contributed by atoms with E-state index in [2.05, 4.69) is 40.8 Å². The average Bonchev–Trinajstić information content (AvgIpc) is 2.75. The van der Waals surface area contributed by atoms with Crippen LogP contribution >= 0.6 is 15.9 Å². The molecule has 1 aliphatic rings. The summed E-state index contributed by atoms with van der Waals surface area (Å²) in [4.78, 5) is 4.76. The van der Waals surface area contributed by atoms with Crippen molar-refractivity contribution in [1.82, 2.24) is 4.98 Å². The average molecular weight is 284 g/mol. The van der Waals surface area contributed by atoms with Gasteiger partial charge in [-0.15, -0.1) is 0 Å². The molecule has 0 N–H and O–H groups in total. The first-order valence-corrected chi connectivity index (χ1v) is 6.80. The lowest BCUT2D eigenvalue weighted by Gasteiger charge is -2.23. The molecule has 0 bridgehead atoms. The molecule has 1 aliphatic heterocycles. The first-order chi connectivity index (χ1) is 7.68. The summed E-state index contributed by atoms with van der Waals surface area (Å²) >= 11 is 3.77. The van der Waals surface area contributed by atoms with Gasteiger partial charge in [0, 0.05) is 22.6 Å². The highest BCUT2D eigenvalue weighted by Crippen LogP contribution is 2.33. The van der Waals surface area contributed by atoms with Crippen LogP contribution in [0.2, 0.25) is 0 Å². The van der Waals surface area contributed by atoms with Crippen LogP contribution in [0.4, 0.5) is 0 Å². The molecule has 0 aliphatic carbocycles. The van der Waals surface area contributed by atoms with Gasteiger partial charge in [0.2, 0.25) is 0 Å². The molecule has 1 fully saturated rings. The SMILES string of the molecule is CC1CCC(C(Br)C(C)c2ccccn2)O1. The molecular formula is C13H18BrNO. The van der Waals surface area contributed by atoms with Gasteiger partial charge < -0.3 is 4.74 Å². The van der Waals surface area contributed by atoms with E-state index >= 15 is 0 Å². The molecule has 4 unspecified atom stereocenters. The molecule has 2 nitrogen and oxygen atoms in total. The van der Waals surface area contributed by atoms with Gasteiger partial charge in [-0.3, -0.25) is 4.98 Å². The highest BCUT2D eigenvalue weighted by atomic mass is 79.9. The predicted molar refractivity (Wildman–Crippen MR) is 68.9 cm³/mol. The molecule has 3 heteroatoms. The molecule has 0 amide bonds. The minimum atomic E-state index is 0.326. The molecule has 1 saturated heterocycles. The Bertz CT molecular complexity index is 330. The number of nitrogens with zero attached hydrogens (tertiary/aromatic N) is 1. The molecule has 0 aromatic carbocycles. The van der Waals surface area contributed by atoms with Gasteiger partial charge in [0.15, 0.2) is 0 Å². The molecule has 1 aromatic rings. The minimum Gasteiger partial charge on any atom is -0.374 e. The summed E-state index contributed by atoms with van der Waals surface area (Å²) in [5, 5.41) is 0. The van der Waals surface area contributed by atoms with Crippen molar-refractivity contribution in [3.63, 3.8) is 0 Å². The molecule has 16 heavy (non-hydrogen) atoms. The van der Waals surface area contributed by atoms with Gasteiger partial charge in [0.05, 0.1) is 12.2 Å². The highest BCUT2D eigenvalue weighted by Gasteiger charge is 2.32. The Hall–Kier alpha value is -0.410. The molecule has 0 saturated carbocycles. The molecule has 0 spiro atoms. The summed E-state index contributed by atoms with van der Waals surface area (Å²) in [5.74, 6) is 0.386. The lowest BCUT2D eigenvalue weighted by molar-refractivity contribution is 0.0524. The van der Waals surface area contributed by atoms with E-state index in [1.807, 2.05) is 18.3 Å². The molecule has 4 atom stereocenters. The number of alkyl halides is 1. The van der Waals surface area contributed by atoms with E-state index in [9.17, 15) is 0 Å². The smallest absolute Gasteiger partial charge is 0.0711 e. The van der Waals surface area contributed by atoms with Crippen LogP contribution in [-0.2, 0) is 4.74 Å². The molecule has 2 heterocycles. The van der Waals surface area contributed by atoms with Crippen LogP contribution in [0.3, 0.4) is 0 Å². The number of ether oxygens (including phenoxy) is 1. The van der Waals surface area contributed by atoms with E-state index in [1.165, 1.54) is 6.42 Å². The number of hydrogen-bond donors (Lipinski definition) is 0. The quantitative estimate of drug-likeness (QED) is 0.792. The minimum absolute atomic E-state index is 0.326. The van der Waals surface area contributed by atoms with E-state index in [0.29, 0.717) is 23.0 Å². The van der Waals surface area contributed by atoms with Crippen LogP contribution in [0.15, 0.2) is 24.4 Å². The largest absolute Gasteiger partial charge is 0.374 e. The summed E-state index contributed by atoms with van der Waals surface area (Å²) in [6.07, 6.45) is 4.90. The maximum absolute atomic E-state index is 5.89. The van der Waals surface area contributed by atoms with E-state index < -0.39 is 0 Å². The van der Waals surface area contributed by atoms with Gasteiger partial charge in [-0.05, 0) is 31.9 Å². The fraction of sp³-hybridized carbons (Fsp3) is 0.615. The van der Waals surface area contributed by atoms with Crippen molar-refractivity contribution in [2.45, 2.75) is 49.6 Å². The topological polar surface area (TPSA) is 22.1 Å². The summed E-state index contributed by atoms with van der Waals surface area (Å²) in [5.41, 5.74) is 1.13.